The van der Waals surface area contributed by atoms with E-state index in [1.54, 1.807) is 30.5 Å². The molecule has 3 rings (SSSR count). The molecule has 0 bridgehead atoms. The predicted molar refractivity (Wildman–Crippen MR) is 159 cm³/mol. The fraction of sp³-hybridized carbons (Fsp3) is 0.419. The van der Waals surface area contributed by atoms with Crippen molar-refractivity contribution in [2.24, 2.45) is 5.92 Å². The first-order chi connectivity index (χ1) is 18.6. The second-order valence-electron chi connectivity index (χ2n) is 10.3. The third-order valence-corrected chi connectivity index (χ3v) is 7.69. The number of urea groups is 1. The molecule has 1 N–H and O–H groups in total. The number of carbonyl (C=O) groups is 2. The molecule has 210 valence electrons. The van der Waals surface area contributed by atoms with Gasteiger partial charge < -0.3 is 24.6 Å². The second-order valence-corrected chi connectivity index (χ2v) is 11.3. The molecule has 39 heavy (non-hydrogen) atoms. The van der Waals surface area contributed by atoms with Crippen LogP contribution in [0.3, 0.4) is 0 Å². The molecule has 0 saturated heterocycles. The molecule has 0 saturated carbocycles. The number of anilines is 1. The van der Waals surface area contributed by atoms with Crippen molar-refractivity contribution in [3.8, 4) is 11.5 Å². The van der Waals surface area contributed by atoms with Crippen LogP contribution in [-0.4, -0.2) is 55.6 Å². The molecular formula is C31H41N3O4S. The third kappa shape index (κ3) is 8.23. The normalized spacial score (nSPS) is 10.9. The zero-order valence-electron chi connectivity index (χ0n) is 24.2. The number of benzene rings is 2. The smallest absolute Gasteiger partial charge is 0.322 e. The second kappa shape index (κ2) is 14.0. The number of nitrogens with one attached hydrogen (secondary N) is 1. The molecule has 3 aromatic rings. The lowest BCUT2D eigenvalue weighted by molar-refractivity contribution is -0.132. The summed E-state index contributed by atoms with van der Waals surface area (Å²) in [4.78, 5) is 31.8. The lowest BCUT2D eigenvalue weighted by atomic mass is 10.1. The minimum Gasteiger partial charge on any atom is -0.493 e. The van der Waals surface area contributed by atoms with Crippen LogP contribution in [0.15, 0.2) is 47.8 Å². The van der Waals surface area contributed by atoms with Crippen molar-refractivity contribution < 1.29 is 19.1 Å². The van der Waals surface area contributed by atoms with E-state index in [9.17, 15) is 9.59 Å². The lowest BCUT2D eigenvalue weighted by Crippen LogP contribution is -2.46. The number of hydrogen-bond donors (Lipinski definition) is 1. The number of thiophene rings is 1. The van der Waals surface area contributed by atoms with Crippen LogP contribution in [0.2, 0.25) is 0 Å². The standard InChI is InChI=1S/C31H41N3O4S/c1-21(2)18-34(31(36)32-30-23(4)9-8-10-24(30)5)20-29(35)33(19-28-22(3)14-16-39-28)15-13-25-11-12-26(37-6)27(17-25)38-7/h8-12,14,16-17,21H,13,15,18-20H2,1-7H3,(H,32,36). The molecule has 0 radical (unpaired) electrons. The minimum absolute atomic E-state index is 0.00526. The Balaban J connectivity index is 1.80. The van der Waals surface area contributed by atoms with Gasteiger partial charge in [0.15, 0.2) is 11.5 Å². The fourth-order valence-corrected chi connectivity index (χ4v) is 5.37. The van der Waals surface area contributed by atoms with E-state index in [0.29, 0.717) is 37.6 Å². The van der Waals surface area contributed by atoms with Gasteiger partial charge in [0.05, 0.1) is 20.8 Å². The highest BCUT2D eigenvalue weighted by molar-refractivity contribution is 7.10. The summed E-state index contributed by atoms with van der Waals surface area (Å²) >= 11 is 1.65. The van der Waals surface area contributed by atoms with Crippen molar-refractivity contribution in [1.29, 1.82) is 0 Å². The Labute approximate surface area is 236 Å². The number of ether oxygens (including phenoxy) is 2. The molecule has 8 heteroatoms. The highest BCUT2D eigenvalue weighted by Crippen LogP contribution is 2.28. The molecule has 1 aromatic heterocycles. The third-order valence-electron chi connectivity index (χ3n) is 6.69. The quantitative estimate of drug-likeness (QED) is 0.281. The summed E-state index contributed by atoms with van der Waals surface area (Å²) in [7, 11) is 3.23. The zero-order chi connectivity index (χ0) is 28.5. The van der Waals surface area contributed by atoms with E-state index >= 15 is 0 Å². The number of rotatable bonds is 12. The Morgan fingerprint density at radius 1 is 0.923 bits per heavy atom. The van der Waals surface area contributed by atoms with E-state index in [0.717, 1.165) is 32.8 Å². The number of para-hydroxylation sites is 1. The van der Waals surface area contributed by atoms with Gasteiger partial charge >= 0.3 is 6.03 Å². The number of methoxy groups -OCH3 is 2. The van der Waals surface area contributed by atoms with Crippen LogP contribution in [0.1, 0.15) is 41.0 Å². The maximum absolute atomic E-state index is 13.8. The van der Waals surface area contributed by atoms with Crippen LogP contribution in [0.25, 0.3) is 0 Å². The van der Waals surface area contributed by atoms with Gasteiger partial charge in [0.2, 0.25) is 5.91 Å². The monoisotopic (exact) mass is 551 g/mol. The summed E-state index contributed by atoms with van der Waals surface area (Å²) in [5, 5.41) is 5.10. The van der Waals surface area contributed by atoms with Crippen LogP contribution in [0, 0.1) is 26.7 Å². The summed E-state index contributed by atoms with van der Waals surface area (Å²) in [6, 6.07) is 13.5. The number of nitrogens with zero attached hydrogens (tertiary/aromatic N) is 2. The summed E-state index contributed by atoms with van der Waals surface area (Å²) < 4.78 is 10.8. The molecule has 2 aromatic carbocycles. The van der Waals surface area contributed by atoms with Crippen LogP contribution in [-0.2, 0) is 17.8 Å². The highest BCUT2D eigenvalue weighted by Gasteiger charge is 2.24. The molecule has 0 spiro atoms. The molecule has 0 atom stereocenters. The van der Waals surface area contributed by atoms with Gasteiger partial charge in [-0.25, -0.2) is 4.79 Å². The molecule has 0 fully saturated rings. The molecule has 3 amide bonds. The van der Waals surface area contributed by atoms with Crippen LogP contribution < -0.4 is 14.8 Å². The van der Waals surface area contributed by atoms with E-state index in [4.69, 9.17) is 9.47 Å². The van der Waals surface area contributed by atoms with Crippen LogP contribution >= 0.6 is 11.3 Å². The van der Waals surface area contributed by atoms with E-state index in [1.165, 1.54) is 0 Å². The summed E-state index contributed by atoms with van der Waals surface area (Å²) in [5.41, 5.74) is 4.98. The van der Waals surface area contributed by atoms with Gasteiger partial charge in [-0.3, -0.25) is 4.79 Å². The van der Waals surface area contributed by atoms with Gasteiger partial charge in [0.1, 0.15) is 6.54 Å². The first-order valence-electron chi connectivity index (χ1n) is 13.3. The van der Waals surface area contributed by atoms with Crippen LogP contribution in [0.5, 0.6) is 11.5 Å². The fourth-order valence-electron chi connectivity index (χ4n) is 4.45. The largest absolute Gasteiger partial charge is 0.493 e. The van der Waals surface area contributed by atoms with E-state index in [1.807, 2.05) is 74.4 Å². The van der Waals surface area contributed by atoms with E-state index in [-0.39, 0.29) is 24.4 Å². The first-order valence-corrected chi connectivity index (χ1v) is 14.1. The zero-order valence-corrected chi connectivity index (χ0v) is 25.0. The van der Waals surface area contributed by atoms with Crippen molar-refractivity contribution in [2.75, 3.05) is 39.2 Å². The molecule has 0 unspecified atom stereocenters. The van der Waals surface area contributed by atoms with Crippen molar-refractivity contribution >= 4 is 29.0 Å². The maximum atomic E-state index is 13.8. The Kier molecular flexibility index (Phi) is 10.8. The van der Waals surface area contributed by atoms with Crippen molar-refractivity contribution in [3.05, 3.63) is 75.0 Å². The number of carbonyl (C=O) groups excluding carboxylic acids is 2. The van der Waals surface area contributed by atoms with E-state index in [2.05, 4.69) is 18.3 Å². The van der Waals surface area contributed by atoms with Gasteiger partial charge in [-0.15, -0.1) is 11.3 Å². The van der Waals surface area contributed by atoms with Gasteiger partial charge in [0, 0.05) is 23.7 Å². The van der Waals surface area contributed by atoms with Crippen molar-refractivity contribution in [1.82, 2.24) is 9.80 Å². The van der Waals surface area contributed by atoms with Crippen molar-refractivity contribution in [2.45, 2.75) is 47.6 Å². The SMILES string of the molecule is COc1ccc(CCN(Cc2sccc2C)C(=O)CN(CC(C)C)C(=O)Nc2c(C)cccc2C)cc1OC. The van der Waals surface area contributed by atoms with E-state index < -0.39 is 0 Å². The maximum Gasteiger partial charge on any atom is 0.322 e. The average molecular weight is 552 g/mol. The molecular weight excluding hydrogens is 510 g/mol. The Bertz CT molecular complexity index is 1250. The molecule has 0 aliphatic heterocycles. The first kappa shape index (κ1) is 30.0. The Morgan fingerprint density at radius 3 is 2.21 bits per heavy atom. The minimum atomic E-state index is -0.262. The molecule has 7 nitrogen and oxygen atoms in total. The Morgan fingerprint density at radius 2 is 1.62 bits per heavy atom. The number of aryl methyl sites for hydroxylation is 3. The Hall–Kier alpha value is -3.52. The predicted octanol–water partition coefficient (Wildman–Crippen LogP) is 6.45. The lowest BCUT2D eigenvalue weighted by Gasteiger charge is -2.29. The molecule has 1 heterocycles. The molecule has 0 aliphatic carbocycles. The number of amides is 3. The number of hydrogen-bond acceptors (Lipinski definition) is 5. The van der Waals surface area contributed by atoms with Gasteiger partial charge in [0.25, 0.3) is 0 Å². The summed E-state index contributed by atoms with van der Waals surface area (Å²) in [6.45, 7) is 11.6. The van der Waals surface area contributed by atoms with Crippen LogP contribution in [0.4, 0.5) is 10.5 Å². The average Bonchev–Trinajstić information content (AvgIpc) is 3.31. The summed E-state index contributed by atoms with van der Waals surface area (Å²) in [5.74, 6) is 1.46. The molecule has 0 aliphatic rings. The van der Waals surface area contributed by atoms with Gasteiger partial charge in [-0.05, 0) is 78.9 Å². The van der Waals surface area contributed by atoms with Crippen molar-refractivity contribution in [3.63, 3.8) is 0 Å². The van der Waals surface area contributed by atoms with Gasteiger partial charge in [-0.2, -0.15) is 0 Å². The topological polar surface area (TPSA) is 71.1 Å². The highest BCUT2D eigenvalue weighted by atomic mass is 32.1. The van der Waals surface area contributed by atoms with Gasteiger partial charge in [-0.1, -0.05) is 38.1 Å². The summed E-state index contributed by atoms with van der Waals surface area (Å²) in [6.07, 6.45) is 0.648.